The molecule has 1 aromatic heterocycles. The van der Waals surface area contributed by atoms with E-state index in [1.165, 1.54) is 10.8 Å². The number of nitrogens with one attached hydrogen (secondary N) is 1. The number of H-pyrrole nitrogens is 1. The van der Waals surface area contributed by atoms with Gasteiger partial charge in [0.15, 0.2) is 0 Å². The Morgan fingerprint density at radius 1 is 0.949 bits per heavy atom. The number of nitrogens with zero attached hydrogens (tertiary/aromatic N) is 1. The fraction of sp³-hybridized carbons (Fsp3) is 0.258. The van der Waals surface area contributed by atoms with E-state index in [1.54, 1.807) is 6.92 Å². The van der Waals surface area contributed by atoms with Crippen molar-refractivity contribution in [2.75, 3.05) is 6.61 Å². The number of aryl methyl sites for hydroxylation is 2. The van der Waals surface area contributed by atoms with E-state index >= 15 is 0 Å². The first-order valence-corrected chi connectivity index (χ1v) is 12.9. The zero-order chi connectivity index (χ0) is 27.4. The van der Waals surface area contributed by atoms with Crippen LogP contribution >= 0.6 is 0 Å². The summed E-state index contributed by atoms with van der Waals surface area (Å²) in [5.41, 5.74) is 2.10. The number of ether oxygens (including phenoxy) is 3. The molecule has 8 nitrogen and oxygen atoms in total. The molecule has 1 aliphatic rings. The lowest BCUT2D eigenvalue weighted by atomic mass is 9.91. The van der Waals surface area contributed by atoms with E-state index in [4.69, 9.17) is 14.2 Å². The van der Waals surface area contributed by atoms with E-state index < -0.39 is 41.6 Å². The molecule has 1 fully saturated rings. The van der Waals surface area contributed by atoms with Crippen LogP contribution in [0.15, 0.2) is 101 Å². The molecule has 4 aromatic rings. The van der Waals surface area contributed by atoms with Crippen molar-refractivity contribution in [2.45, 2.75) is 44.6 Å². The summed E-state index contributed by atoms with van der Waals surface area (Å²) >= 11 is 0. The summed E-state index contributed by atoms with van der Waals surface area (Å²) in [6.07, 6.45) is -0.0545. The van der Waals surface area contributed by atoms with Crippen molar-refractivity contribution in [1.82, 2.24) is 9.55 Å². The quantitative estimate of drug-likeness (QED) is 0.345. The van der Waals surface area contributed by atoms with Crippen LogP contribution in [0.2, 0.25) is 0 Å². The molecule has 0 spiro atoms. The molecule has 0 radical (unpaired) electrons. The Balaban J connectivity index is 1.38. The minimum Gasteiger partial charge on any atom is -0.487 e. The number of benzene rings is 3. The molecule has 1 aliphatic heterocycles. The zero-order valence-corrected chi connectivity index (χ0v) is 21.8. The second kappa shape index (κ2) is 11.5. The van der Waals surface area contributed by atoms with Gasteiger partial charge in [-0.2, -0.15) is 0 Å². The summed E-state index contributed by atoms with van der Waals surface area (Å²) < 4.78 is 19.7. The summed E-state index contributed by atoms with van der Waals surface area (Å²) in [6, 6.07) is 26.6. The Bertz CT molecular complexity index is 1490. The zero-order valence-electron chi connectivity index (χ0n) is 21.8. The smallest absolute Gasteiger partial charge is 0.330 e. The van der Waals surface area contributed by atoms with E-state index in [9.17, 15) is 14.4 Å². The van der Waals surface area contributed by atoms with Gasteiger partial charge in [-0.1, -0.05) is 78.4 Å². The van der Waals surface area contributed by atoms with Gasteiger partial charge in [0.1, 0.15) is 36.7 Å². The third kappa shape index (κ3) is 6.02. The predicted octanol–water partition coefficient (Wildman–Crippen LogP) is 4.26. The van der Waals surface area contributed by atoms with Crippen molar-refractivity contribution in [3.05, 3.63) is 134 Å². The van der Waals surface area contributed by atoms with Gasteiger partial charge in [-0.15, -0.1) is 0 Å². The number of hydrogen-bond acceptors (Lipinski definition) is 6. The van der Waals surface area contributed by atoms with Crippen LogP contribution < -0.4 is 16.0 Å². The molecule has 0 amide bonds. The number of hydrogen-bond donors (Lipinski definition) is 1. The fourth-order valence-electron chi connectivity index (χ4n) is 4.74. The van der Waals surface area contributed by atoms with Crippen molar-refractivity contribution in [3.63, 3.8) is 0 Å². The number of carbonyl (C=O) groups is 1. The molecule has 39 heavy (non-hydrogen) atoms. The first-order chi connectivity index (χ1) is 18.9. The molecule has 3 aromatic carbocycles. The summed E-state index contributed by atoms with van der Waals surface area (Å²) in [5.74, 6) is -0.376. The third-order valence-electron chi connectivity index (χ3n) is 6.84. The van der Waals surface area contributed by atoms with Crippen molar-refractivity contribution in [3.8, 4) is 5.75 Å². The molecule has 0 unspecified atom stereocenters. The van der Waals surface area contributed by atoms with Crippen LogP contribution in [0.1, 0.15) is 40.8 Å². The summed E-state index contributed by atoms with van der Waals surface area (Å²) in [6.45, 7) is 3.54. The maximum atomic E-state index is 13.5. The molecule has 1 N–H and O–H groups in total. The van der Waals surface area contributed by atoms with Crippen LogP contribution in [0.25, 0.3) is 0 Å². The predicted molar refractivity (Wildman–Crippen MR) is 146 cm³/mol. The number of aromatic nitrogens is 2. The average Bonchev–Trinajstić information content (AvgIpc) is 3.34. The van der Waals surface area contributed by atoms with Gasteiger partial charge in [0.05, 0.1) is 0 Å². The Hall–Kier alpha value is -4.43. The van der Waals surface area contributed by atoms with Gasteiger partial charge in [0.25, 0.3) is 5.56 Å². The number of rotatable bonds is 8. The second-order valence-electron chi connectivity index (χ2n) is 9.70. The molecular formula is C31H30N2O6. The maximum absolute atomic E-state index is 13.5. The number of carbonyl (C=O) groups excluding carboxylic acids is 1. The second-order valence-corrected chi connectivity index (χ2v) is 9.70. The van der Waals surface area contributed by atoms with Crippen LogP contribution in [0.4, 0.5) is 0 Å². The first kappa shape index (κ1) is 26.2. The van der Waals surface area contributed by atoms with Crippen LogP contribution in [-0.4, -0.2) is 34.3 Å². The maximum Gasteiger partial charge on any atom is 0.330 e. The first-order valence-electron chi connectivity index (χ1n) is 12.9. The molecular weight excluding hydrogens is 496 g/mol. The molecule has 0 saturated carbocycles. The molecule has 5 rings (SSSR count). The van der Waals surface area contributed by atoms with E-state index in [0.717, 1.165) is 16.7 Å². The van der Waals surface area contributed by atoms with Crippen molar-refractivity contribution in [1.29, 1.82) is 0 Å². The van der Waals surface area contributed by atoms with Gasteiger partial charge in [-0.25, -0.2) is 4.79 Å². The Morgan fingerprint density at radius 2 is 1.56 bits per heavy atom. The normalized spacial score (nSPS) is 18.7. The largest absolute Gasteiger partial charge is 0.487 e. The van der Waals surface area contributed by atoms with Crippen LogP contribution in [0.5, 0.6) is 5.75 Å². The highest BCUT2D eigenvalue weighted by Gasteiger charge is 2.40. The monoisotopic (exact) mass is 526 g/mol. The van der Waals surface area contributed by atoms with E-state index in [1.807, 2.05) is 91.9 Å². The van der Waals surface area contributed by atoms with Gasteiger partial charge in [0.2, 0.25) is 0 Å². The molecule has 8 heteroatoms. The van der Waals surface area contributed by atoms with Crippen molar-refractivity contribution < 1.29 is 19.0 Å². The molecule has 2 heterocycles. The number of aromatic amines is 1. The summed E-state index contributed by atoms with van der Waals surface area (Å²) in [7, 11) is 0. The highest BCUT2D eigenvalue weighted by Crippen LogP contribution is 2.32. The lowest BCUT2D eigenvalue weighted by Crippen LogP contribution is -2.34. The summed E-state index contributed by atoms with van der Waals surface area (Å²) in [5, 5.41) is 0. The van der Waals surface area contributed by atoms with E-state index in [0.29, 0.717) is 17.7 Å². The SMILES string of the molecule is Cc1ccc(O[C@H]2C[C@@H](n3cc(C)c(=O)[nH]c3=O)O[C@@H]2COC(=O)C(c2ccccc2)c2ccccc2)cc1. The van der Waals surface area contributed by atoms with Crippen LogP contribution in [-0.2, 0) is 14.3 Å². The van der Waals surface area contributed by atoms with Crippen LogP contribution in [0, 0.1) is 13.8 Å². The molecule has 200 valence electrons. The van der Waals surface area contributed by atoms with Gasteiger partial charge in [0, 0.05) is 18.2 Å². The Labute approximate surface area is 225 Å². The lowest BCUT2D eigenvalue weighted by molar-refractivity contribution is -0.150. The topological polar surface area (TPSA) is 99.6 Å². The molecule has 3 atom stereocenters. The molecule has 0 bridgehead atoms. The third-order valence-corrected chi connectivity index (χ3v) is 6.84. The van der Waals surface area contributed by atoms with Gasteiger partial charge >= 0.3 is 11.7 Å². The fourth-order valence-corrected chi connectivity index (χ4v) is 4.74. The molecule has 0 aliphatic carbocycles. The van der Waals surface area contributed by atoms with Gasteiger partial charge in [-0.05, 0) is 37.1 Å². The summed E-state index contributed by atoms with van der Waals surface area (Å²) in [4.78, 5) is 40.2. The van der Waals surface area contributed by atoms with E-state index in [-0.39, 0.29) is 6.61 Å². The van der Waals surface area contributed by atoms with Gasteiger partial charge < -0.3 is 14.2 Å². The van der Waals surface area contributed by atoms with E-state index in [2.05, 4.69) is 4.98 Å². The number of esters is 1. The van der Waals surface area contributed by atoms with Crippen molar-refractivity contribution in [2.24, 2.45) is 0 Å². The molecule has 1 saturated heterocycles. The highest BCUT2D eigenvalue weighted by atomic mass is 16.6. The lowest BCUT2D eigenvalue weighted by Gasteiger charge is -2.22. The average molecular weight is 527 g/mol. The van der Waals surface area contributed by atoms with Crippen LogP contribution in [0.3, 0.4) is 0 Å². The minimum absolute atomic E-state index is 0.0703. The van der Waals surface area contributed by atoms with Gasteiger partial charge in [-0.3, -0.25) is 19.1 Å². The Morgan fingerprint density at radius 3 is 2.18 bits per heavy atom. The standard InChI is InChI=1S/C31H30N2O6/c1-20-13-15-24(16-14-20)38-25-17-27(33-18-21(2)29(34)32-31(33)36)39-26(25)19-37-30(35)28(22-9-5-3-6-10-22)23-11-7-4-8-12-23/h3-16,18,25-28H,17,19H2,1-2H3,(H,32,34,36)/t25-,26+,27-/m0/s1. The Kier molecular flexibility index (Phi) is 7.74. The highest BCUT2D eigenvalue weighted by molar-refractivity contribution is 5.82. The minimum atomic E-state index is -0.703. The van der Waals surface area contributed by atoms with Crippen molar-refractivity contribution >= 4 is 5.97 Å².